The van der Waals surface area contributed by atoms with Crippen molar-refractivity contribution in [2.75, 3.05) is 0 Å². The second-order valence-corrected chi connectivity index (χ2v) is 5.36. The van der Waals surface area contributed by atoms with Crippen molar-refractivity contribution in [3.63, 3.8) is 0 Å². The standard InChI is InChI=1S/C14H13NO2/c1-14(2,3)13-10-11(15-17-13)8-6-4-5-7-9(8)12(10)16/h4-7H,1-3H3. The highest BCUT2D eigenvalue weighted by Crippen LogP contribution is 2.40. The summed E-state index contributed by atoms with van der Waals surface area (Å²) in [4.78, 5) is 12.3. The van der Waals surface area contributed by atoms with E-state index in [0.29, 0.717) is 17.0 Å². The lowest BCUT2D eigenvalue weighted by Gasteiger charge is -2.14. The van der Waals surface area contributed by atoms with Gasteiger partial charge in [0.05, 0.1) is 5.56 Å². The highest BCUT2D eigenvalue weighted by atomic mass is 16.5. The molecule has 86 valence electrons. The summed E-state index contributed by atoms with van der Waals surface area (Å²) in [5.74, 6) is 0.704. The fourth-order valence-corrected chi connectivity index (χ4v) is 2.22. The van der Waals surface area contributed by atoms with E-state index in [1.807, 2.05) is 45.0 Å². The Morgan fingerprint density at radius 2 is 1.76 bits per heavy atom. The molecule has 0 saturated heterocycles. The summed E-state index contributed by atoms with van der Waals surface area (Å²) in [6.07, 6.45) is 0. The van der Waals surface area contributed by atoms with E-state index in [9.17, 15) is 4.79 Å². The predicted molar refractivity (Wildman–Crippen MR) is 64.1 cm³/mol. The van der Waals surface area contributed by atoms with Gasteiger partial charge in [-0.15, -0.1) is 0 Å². The molecule has 1 aromatic heterocycles. The fraction of sp³-hybridized carbons (Fsp3) is 0.286. The Morgan fingerprint density at radius 3 is 2.41 bits per heavy atom. The Hall–Kier alpha value is -1.90. The van der Waals surface area contributed by atoms with E-state index in [0.717, 1.165) is 11.1 Å². The first kappa shape index (κ1) is 10.3. The van der Waals surface area contributed by atoms with Crippen LogP contribution >= 0.6 is 0 Å². The largest absolute Gasteiger partial charge is 0.359 e. The highest BCUT2D eigenvalue weighted by molar-refractivity contribution is 6.21. The number of rotatable bonds is 0. The van der Waals surface area contributed by atoms with Gasteiger partial charge >= 0.3 is 0 Å². The number of hydrogen-bond donors (Lipinski definition) is 0. The zero-order chi connectivity index (χ0) is 12.2. The van der Waals surface area contributed by atoms with Crippen LogP contribution < -0.4 is 0 Å². The zero-order valence-corrected chi connectivity index (χ0v) is 10.1. The Balaban J connectivity index is 2.30. The van der Waals surface area contributed by atoms with Gasteiger partial charge in [-0.3, -0.25) is 4.79 Å². The van der Waals surface area contributed by atoms with E-state index in [1.165, 1.54) is 0 Å². The molecule has 2 aromatic rings. The van der Waals surface area contributed by atoms with Crippen LogP contribution in [-0.2, 0) is 5.41 Å². The predicted octanol–water partition coefficient (Wildman–Crippen LogP) is 3.18. The molecule has 0 aliphatic heterocycles. The first-order chi connectivity index (χ1) is 8.00. The lowest BCUT2D eigenvalue weighted by atomic mass is 9.89. The van der Waals surface area contributed by atoms with Crippen molar-refractivity contribution in [3.8, 4) is 11.3 Å². The first-order valence-electron chi connectivity index (χ1n) is 5.64. The van der Waals surface area contributed by atoms with Crippen LogP contribution in [-0.4, -0.2) is 10.9 Å². The minimum absolute atomic E-state index is 0.0294. The average molecular weight is 227 g/mol. The summed E-state index contributed by atoms with van der Waals surface area (Å²) in [5.41, 5.74) is 2.73. The topological polar surface area (TPSA) is 43.1 Å². The SMILES string of the molecule is CC(C)(C)c1onc2c1C(=O)c1ccccc1-2. The van der Waals surface area contributed by atoms with Gasteiger partial charge in [-0.2, -0.15) is 0 Å². The van der Waals surface area contributed by atoms with Crippen LogP contribution in [0.1, 0.15) is 42.5 Å². The summed E-state index contributed by atoms with van der Waals surface area (Å²) < 4.78 is 5.36. The van der Waals surface area contributed by atoms with Crippen LogP contribution in [0.2, 0.25) is 0 Å². The Labute approximate surface area is 99.4 Å². The Morgan fingerprint density at radius 1 is 1.12 bits per heavy atom. The van der Waals surface area contributed by atoms with Crippen LogP contribution in [0.4, 0.5) is 0 Å². The van der Waals surface area contributed by atoms with Crippen molar-refractivity contribution in [1.82, 2.24) is 5.16 Å². The maximum atomic E-state index is 12.3. The summed E-state index contributed by atoms with van der Waals surface area (Å²) in [6.45, 7) is 6.05. The molecule has 3 nitrogen and oxygen atoms in total. The molecule has 0 amide bonds. The molecule has 1 aromatic carbocycles. The lowest BCUT2D eigenvalue weighted by molar-refractivity contribution is 0.103. The summed E-state index contributed by atoms with van der Waals surface area (Å²) >= 11 is 0. The van der Waals surface area contributed by atoms with Crippen LogP contribution in [0, 0.1) is 0 Å². The van der Waals surface area contributed by atoms with Gasteiger partial charge in [-0.1, -0.05) is 50.2 Å². The van der Waals surface area contributed by atoms with Crippen LogP contribution in [0.3, 0.4) is 0 Å². The van der Waals surface area contributed by atoms with Gasteiger partial charge in [0.1, 0.15) is 5.69 Å². The molecule has 0 fully saturated rings. The number of ketones is 1. The summed E-state index contributed by atoms with van der Waals surface area (Å²) in [6, 6.07) is 7.53. The number of aromatic nitrogens is 1. The molecule has 1 aliphatic carbocycles. The van der Waals surface area contributed by atoms with E-state index in [1.54, 1.807) is 0 Å². The van der Waals surface area contributed by atoms with Crippen molar-refractivity contribution in [2.45, 2.75) is 26.2 Å². The van der Waals surface area contributed by atoms with E-state index >= 15 is 0 Å². The molecule has 0 saturated carbocycles. The van der Waals surface area contributed by atoms with E-state index in [2.05, 4.69) is 5.16 Å². The highest BCUT2D eigenvalue weighted by Gasteiger charge is 2.37. The molecule has 3 rings (SSSR count). The van der Waals surface area contributed by atoms with Crippen LogP contribution in [0.5, 0.6) is 0 Å². The second kappa shape index (κ2) is 3.06. The first-order valence-corrected chi connectivity index (χ1v) is 5.64. The van der Waals surface area contributed by atoms with Crippen molar-refractivity contribution in [2.24, 2.45) is 0 Å². The van der Waals surface area contributed by atoms with Crippen molar-refractivity contribution in [1.29, 1.82) is 0 Å². The molecule has 0 spiro atoms. The van der Waals surface area contributed by atoms with Gasteiger partial charge in [0, 0.05) is 16.5 Å². The van der Waals surface area contributed by atoms with Crippen molar-refractivity contribution >= 4 is 5.78 Å². The normalized spacial score (nSPS) is 13.7. The molecule has 0 atom stereocenters. The third-order valence-electron chi connectivity index (χ3n) is 3.03. The Kier molecular flexibility index (Phi) is 1.85. The second-order valence-electron chi connectivity index (χ2n) is 5.36. The minimum Gasteiger partial charge on any atom is -0.359 e. The quantitative estimate of drug-likeness (QED) is 0.592. The molecule has 0 N–H and O–H groups in total. The molecule has 0 unspecified atom stereocenters. The molecule has 17 heavy (non-hydrogen) atoms. The van der Waals surface area contributed by atoms with Gasteiger partial charge in [0.2, 0.25) is 0 Å². The van der Waals surface area contributed by atoms with Gasteiger partial charge < -0.3 is 4.52 Å². The molecular formula is C14H13NO2. The molecule has 1 heterocycles. The van der Waals surface area contributed by atoms with Crippen LogP contribution in [0.15, 0.2) is 28.8 Å². The maximum absolute atomic E-state index is 12.3. The number of hydrogen-bond acceptors (Lipinski definition) is 3. The Bertz CT molecular complexity index is 617. The van der Waals surface area contributed by atoms with Crippen molar-refractivity contribution < 1.29 is 9.32 Å². The number of carbonyl (C=O) groups is 1. The molecule has 0 radical (unpaired) electrons. The third kappa shape index (κ3) is 1.28. The minimum atomic E-state index is -0.210. The molecule has 3 heteroatoms. The number of benzene rings is 1. The van der Waals surface area contributed by atoms with Gasteiger partial charge in [0.25, 0.3) is 0 Å². The maximum Gasteiger partial charge on any atom is 0.199 e. The summed E-state index contributed by atoms with van der Waals surface area (Å²) in [5, 5.41) is 4.06. The smallest absolute Gasteiger partial charge is 0.199 e. The van der Waals surface area contributed by atoms with E-state index in [4.69, 9.17) is 4.52 Å². The van der Waals surface area contributed by atoms with Crippen molar-refractivity contribution in [3.05, 3.63) is 41.2 Å². The molecule has 0 bridgehead atoms. The third-order valence-corrected chi connectivity index (χ3v) is 3.03. The van der Waals surface area contributed by atoms with E-state index < -0.39 is 0 Å². The van der Waals surface area contributed by atoms with Gasteiger partial charge in [0.15, 0.2) is 11.5 Å². The number of fused-ring (bicyclic) bond motifs is 3. The molecular weight excluding hydrogens is 214 g/mol. The van der Waals surface area contributed by atoms with Gasteiger partial charge in [-0.25, -0.2) is 0 Å². The summed E-state index contributed by atoms with van der Waals surface area (Å²) in [7, 11) is 0. The van der Waals surface area contributed by atoms with Gasteiger partial charge in [-0.05, 0) is 0 Å². The van der Waals surface area contributed by atoms with Crippen LogP contribution in [0.25, 0.3) is 11.3 Å². The monoisotopic (exact) mass is 227 g/mol. The number of nitrogens with zero attached hydrogens (tertiary/aromatic N) is 1. The molecule has 1 aliphatic rings. The number of carbonyl (C=O) groups excluding carboxylic acids is 1. The average Bonchev–Trinajstić information content (AvgIpc) is 2.80. The zero-order valence-electron chi connectivity index (χ0n) is 10.1. The fourth-order valence-electron chi connectivity index (χ4n) is 2.22. The van der Waals surface area contributed by atoms with E-state index in [-0.39, 0.29) is 11.2 Å². The lowest BCUT2D eigenvalue weighted by Crippen LogP contribution is -2.14.